The molecule has 1 heterocycles. The highest BCUT2D eigenvalue weighted by molar-refractivity contribution is 8.14. The van der Waals surface area contributed by atoms with Crippen molar-refractivity contribution in [1.82, 2.24) is 5.32 Å². The minimum atomic E-state index is 0.724. The second-order valence-corrected chi connectivity index (χ2v) is 5.19. The summed E-state index contributed by atoms with van der Waals surface area (Å²) < 4.78 is 0. The lowest BCUT2D eigenvalue weighted by molar-refractivity contribution is 0.579. The molecule has 0 saturated heterocycles. The van der Waals surface area contributed by atoms with E-state index >= 15 is 0 Å². The van der Waals surface area contributed by atoms with Gasteiger partial charge in [-0.3, -0.25) is 4.99 Å². The van der Waals surface area contributed by atoms with Gasteiger partial charge < -0.3 is 5.32 Å². The van der Waals surface area contributed by atoms with Gasteiger partial charge in [0.15, 0.2) is 5.17 Å². The Bertz CT molecular complexity index is 178. The van der Waals surface area contributed by atoms with Gasteiger partial charge in [-0.15, -0.1) is 0 Å². The average Bonchev–Trinajstić information content (AvgIpc) is 2.52. The van der Waals surface area contributed by atoms with E-state index in [4.69, 9.17) is 0 Å². The van der Waals surface area contributed by atoms with Gasteiger partial charge in [-0.1, -0.05) is 32.5 Å². The third kappa shape index (κ3) is 4.03. The fourth-order valence-corrected chi connectivity index (χ4v) is 2.16. The second-order valence-electron chi connectivity index (χ2n) is 3.90. The summed E-state index contributed by atoms with van der Waals surface area (Å²) in [7, 11) is 0. The molecule has 13 heavy (non-hydrogen) atoms. The Labute approximate surface area is 85.6 Å². The summed E-state index contributed by atoms with van der Waals surface area (Å²) in [6.45, 7) is 8.80. The third-order valence-electron chi connectivity index (χ3n) is 2.17. The molecular formula is C10H20N2S. The van der Waals surface area contributed by atoms with E-state index in [0.29, 0.717) is 0 Å². The van der Waals surface area contributed by atoms with Gasteiger partial charge >= 0.3 is 0 Å². The lowest BCUT2D eigenvalue weighted by Crippen LogP contribution is -2.21. The van der Waals surface area contributed by atoms with Crippen molar-refractivity contribution in [3.8, 4) is 0 Å². The highest BCUT2D eigenvalue weighted by Crippen LogP contribution is 2.21. The van der Waals surface area contributed by atoms with E-state index < -0.39 is 0 Å². The fraction of sp³-hybridized carbons (Fsp3) is 0.900. The topological polar surface area (TPSA) is 24.4 Å². The first-order valence-corrected chi connectivity index (χ1v) is 6.05. The van der Waals surface area contributed by atoms with E-state index in [1.165, 1.54) is 12.8 Å². The van der Waals surface area contributed by atoms with E-state index in [1.807, 2.05) is 11.8 Å². The number of hydrogen-bond acceptors (Lipinski definition) is 3. The lowest BCUT2D eigenvalue weighted by atomic mass is 10.1. The maximum atomic E-state index is 4.45. The maximum Gasteiger partial charge on any atom is 0.156 e. The van der Waals surface area contributed by atoms with Crippen LogP contribution in [0.5, 0.6) is 0 Å². The molecule has 0 amide bonds. The van der Waals surface area contributed by atoms with Crippen LogP contribution < -0.4 is 5.32 Å². The Morgan fingerprint density at radius 1 is 1.62 bits per heavy atom. The smallest absolute Gasteiger partial charge is 0.156 e. The van der Waals surface area contributed by atoms with Crippen molar-refractivity contribution in [3.05, 3.63) is 0 Å². The minimum absolute atomic E-state index is 0.724. The Morgan fingerprint density at radius 3 is 2.92 bits per heavy atom. The van der Waals surface area contributed by atoms with Crippen LogP contribution in [-0.2, 0) is 0 Å². The summed E-state index contributed by atoms with van der Waals surface area (Å²) in [5.41, 5.74) is 0. The Hall–Kier alpha value is -0.180. The Morgan fingerprint density at radius 2 is 2.38 bits per heavy atom. The zero-order valence-electron chi connectivity index (χ0n) is 8.84. The number of amidine groups is 1. The summed E-state index contributed by atoms with van der Waals surface area (Å²) in [6, 6.07) is 0. The summed E-state index contributed by atoms with van der Waals surface area (Å²) in [5.74, 6) is 0.779. The molecule has 1 aliphatic heterocycles. The molecule has 1 aliphatic rings. The van der Waals surface area contributed by atoms with Gasteiger partial charge in [-0.2, -0.15) is 0 Å². The van der Waals surface area contributed by atoms with E-state index in [2.05, 4.69) is 31.1 Å². The third-order valence-corrected chi connectivity index (χ3v) is 3.48. The number of thioether (sulfide) groups is 1. The molecule has 0 spiro atoms. The van der Waals surface area contributed by atoms with Crippen LogP contribution in [0.4, 0.5) is 0 Å². The Kier molecular flexibility index (Phi) is 4.64. The monoisotopic (exact) mass is 200 g/mol. The van der Waals surface area contributed by atoms with Crippen LogP contribution in [-0.4, -0.2) is 23.5 Å². The fourth-order valence-electron chi connectivity index (χ4n) is 1.19. The quantitative estimate of drug-likeness (QED) is 0.754. The molecule has 0 bridgehead atoms. The zero-order chi connectivity index (χ0) is 9.68. The lowest BCUT2D eigenvalue weighted by Gasteiger charge is -2.08. The summed E-state index contributed by atoms with van der Waals surface area (Å²) in [4.78, 5) is 4.45. The van der Waals surface area contributed by atoms with Crippen molar-refractivity contribution in [2.24, 2.45) is 10.9 Å². The molecule has 76 valence electrons. The summed E-state index contributed by atoms with van der Waals surface area (Å²) in [5, 5.41) is 5.27. The van der Waals surface area contributed by atoms with Crippen molar-refractivity contribution >= 4 is 16.9 Å². The average molecular weight is 200 g/mol. The van der Waals surface area contributed by atoms with Crippen LogP contribution in [0.2, 0.25) is 0 Å². The van der Waals surface area contributed by atoms with Crippen LogP contribution >= 0.6 is 11.8 Å². The number of nitrogens with one attached hydrogen (secondary N) is 1. The molecule has 1 rings (SSSR count). The molecule has 0 aromatic carbocycles. The molecular weight excluding hydrogens is 180 g/mol. The van der Waals surface area contributed by atoms with Gasteiger partial charge in [0.2, 0.25) is 0 Å². The molecule has 0 fully saturated rings. The van der Waals surface area contributed by atoms with Crippen LogP contribution in [0.3, 0.4) is 0 Å². The first kappa shape index (κ1) is 10.9. The van der Waals surface area contributed by atoms with Crippen LogP contribution in [0.1, 0.15) is 33.6 Å². The van der Waals surface area contributed by atoms with E-state index in [1.54, 1.807) is 0 Å². The number of nitrogens with zero attached hydrogens (tertiary/aromatic N) is 1. The van der Waals surface area contributed by atoms with E-state index in [9.17, 15) is 0 Å². The Balaban J connectivity index is 2.10. The van der Waals surface area contributed by atoms with Gasteiger partial charge in [0.05, 0.1) is 6.54 Å². The van der Waals surface area contributed by atoms with Crippen LogP contribution in [0.15, 0.2) is 4.99 Å². The molecule has 0 saturated carbocycles. The summed E-state index contributed by atoms with van der Waals surface area (Å²) >= 11 is 1.90. The predicted molar refractivity (Wildman–Crippen MR) is 61.4 cm³/mol. The highest BCUT2D eigenvalue weighted by atomic mass is 32.2. The molecule has 0 aliphatic carbocycles. The van der Waals surface area contributed by atoms with Crippen molar-refractivity contribution in [1.29, 1.82) is 0 Å². The number of rotatable bonds is 4. The molecule has 1 N–H and O–H groups in total. The standard InChI is InChI=1S/C10H20N2S/c1-4-9-7-12-10(13-9)11-6-5-8(2)3/h8-9H,4-7H2,1-3H3,(H,11,12). The van der Waals surface area contributed by atoms with E-state index in [0.717, 1.165) is 29.4 Å². The minimum Gasteiger partial charge on any atom is -0.365 e. The van der Waals surface area contributed by atoms with Gasteiger partial charge in [0, 0.05) is 11.8 Å². The highest BCUT2D eigenvalue weighted by Gasteiger charge is 2.16. The van der Waals surface area contributed by atoms with E-state index in [-0.39, 0.29) is 0 Å². The first-order valence-electron chi connectivity index (χ1n) is 5.17. The summed E-state index contributed by atoms with van der Waals surface area (Å²) in [6.07, 6.45) is 2.46. The molecule has 0 radical (unpaired) electrons. The molecule has 3 heteroatoms. The largest absolute Gasteiger partial charge is 0.365 e. The molecule has 0 aromatic heterocycles. The van der Waals surface area contributed by atoms with Crippen molar-refractivity contribution in [2.45, 2.75) is 38.9 Å². The maximum absolute atomic E-state index is 4.45. The van der Waals surface area contributed by atoms with Gasteiger partial charge in [-0.05, 0) is 18.8 Å². The second kappa shape index (κ2) is 5.53. The van der Waals surface area contributed by atoms with Gasteiger partial charge in [0.1, 0.15) is 0 Å². The molecule has 0 aromatic rings. The van der Waals surface area contributed by atoms with Crippen LogP contribution in [0, 0.1) is 5.92 Å². The first-order chi connectivity index (χ1) is 6.22. The van der Waals surface area contributed by atoms with Crippen LogP contribution in [0.25, 0.3) is 0 Å². The molecule has 2 nitrogen and oxygen atoms in total. The normalized spacial score (nSPS) is 22.2. The van der Waals surface area contributed by atoms with Crippen molar-refractivity contribution < 1.29 is 0 Å². The van der Waals surface area contributed by atoms with Gasteiger partial charge in [-0.25, -0.2) is 0 Å². The van der Waals surface area contributed by atoms with Crippen molar-refractivity contribution in [3.63, 3.8) is 0 Å². The van der Waals surface area contributed by atoms with Crippen molar-refractivity contribution in [2.75, 3.05) is 13.1 Å². The number of aliphatic imine (C=N–C) groups is 1. The molecule has 1 unspecified atom stereocenters. The van der Waals surface area contributed by atoms with Gasteiger partial charge in [0.25, 0.3) is 0 Å². The molecule has 1 atom stereocenters. The zero-order valence-corrected chi connectivity index (χ0v) is 9.66. The predicted octanol–water partition coefficient (Wildman–Crippen LogP) is 2.50. The number of hydrogen-bond donors (Lipinski definition) is 1. The SMILES string of the molecule is CCC1CN=C(NCCC(C)C)S1.